The average Bonchev–Trinajstić information content (AvgIpc) is 3.17. The maximum Gasteiger partial charge on any atom is 0.223 e. The molecule has 2 aromatic heterocycles. The highest BCUT2D eigenvalue weighted by Crippen LogP contribution is 2.29. The lowest BCUT2D eigenvalue weighted by Crippen LogP contribution is -2.42. The predicted octanol–water partition coefficient (Wildman–Crippen LogP) is 3.45. The van der Waals surface area contributed by atoms with Crippen molar-refractivity contribution in [3.05, 3.63) is 39.4 Å². The van der Waals surface area contributed by atoms with Crippen molar-refractivity contribution in [2.24, 2.45) is 0 Å². The van der Waals surface area contributed by atoms with Crippen LogP contribution in [0.3, 0.4) is 0 Å². The van der Waals surface area contributed by atoms with E-state index in [1.807, 2.05) is 30.2 Å². The number of aryl methyl sites for hydroxylation is 2. The Kier molecular flexibility index (Phi) is 4.82. The number of carbonyl (C=O) groups excluding carboxylic acids is 1. The Morgan fingerprint density at radius 1 is 1.52 bits per heavy atom. The standard InChI is InChI=1S/C17H22N2O3S/c1-11(17-12(2)18-22-13(17)3)9-16(20)19-6-7-21-14(10-19)15-5-4-8-23-15/h4-5,8,11,14H,6-7,9-10H2,1-3H3. The molecule has 2 atom stereocenters. The summed E-state index contributed by atoms with van der Waals surface area (Å²) in [7, 11) is 0. The molecule has 0 N–H and O–H groups in total. The highest BCUT2D eigenvalue weighted by atomic mass is 32.1. The van der Waals surface area contributed by atoms with Crippen molar-refractivity contribution in [3.63, 3.8) is 0 Å². The Morgan fingerprint density at radius 3 is 3.00 bits per heavy atom. The second-order valence-corrected chi connectivity index (χ2v) is 7.04. The lowest BCUT2D eigenvalue weighted by atomic mass is 9.95. The Labute approximate surface area is 140 Å². The van der Waals surface area contributed by atoms with Gasteiger partial charge >= 0.3 is 0 Å². The van der Waals surface area contributed by atoms with Gasteiger partial charge in [0, 0.05) is 23.4 Å². The number of hydrogen-bond donors (Lipinski definition) is 0. The van der Waals surface area contributed by atoms with Gasteiger partial charge in [0.25, 0.3) is 0 Å². The van der Waals surface area contributed by atoms with Gasteiger partial charge in [-0.05, 0) is 31.2 Å². The Morgan fingerprint density at radius 2 is 2.35 bits per heavy atom. The van der Waals surface area contributed by atoms with Gasteiger partial charge in [-0.2, -0.15) is 0 Å². The van der Waals surface area contributed by atoms with E-state index in [1.54, 1.807) is 11.3 Å². The average molecular weight is 334 g/mol. The van der Waals surface area contributed by atoms with Gasteiger partial charge in [-0.15, -0.1) is 11.3 Å². The fourth-order valence-corrected chi connectivity index (χ4v) is 3.97. The number of carbonyl (C=O) groups is 1. The Balaban J connectivity index is 1.64. The molecule has 0 saturated carbocycles. The molecule has 3 heterocycles. The van der Waals surface area contributed by atoms with Gasteiger partial charge in [0.15, 0.2) is 0 Å². The van der Waals surface area contributed by atoms with Gasteiger partial charge in [0.05, 0.1) is 18.8 Å². The number of hydrogen-bond acceptors (Lipinski definition) is 5. The summed E-state index contributed by atoms with van der Waals surface area (Å²) in [5.74, 6) is 1.08. The Hall–Kier alpha value is -1.66. The van der Waals surface area contributed by atoms with E-state index in [0.717, 1.165) is 17.0 Å². The molecule has 23 heavy (non-hydrogen) atoms. The lowest BCUT2D eigenvalue weighted by Gasteiger charge is -2.33. The third-order valence-corrected chi connectivity index (χ3v) is 5.31. The first kappa shape index (κ1) is 16.2. The summed E-state index contributed by atoms with van der Waals surface area (Å²) in [5, 5.41) is 6.02. The van der Waals surface area contributed by atoms with E-state index in [2.05, 4.69) is 18.1 Å². The lowest BCUT2D eigenvalue weighted by molar-refractivity contribution is -0.139. The largest absolute Gasteiger partial charge is 0.369 e. The molecule has 6 heteroatoms. The fourth-order valence-electron chi connectivity index (χ4n) is 3.21. The minimum Gasteiger partial charge on any atom is -0.369 e. The van der Waals surface area contributed by atoms with Crippen LogP contribution in [0.1, 0.15) is 47.3 Å². The molecule has 1 fully saturated rings. The molecule has 0 spiro atoms. The van der Waals surface area contributed by atoms with Crippen LogP contribution in [0.25, 0.3) is 0 Å². The summed E-state index contributed by atoms with van der Waals surface area (Å²) >= 11 is 1.68. The van der Waals surface area contributed by atoms with Gasteiger partial charge in [-0.3, -0.25) is 4.79 Å². The van der Waals surface area contributed by atoms with Crippen LogP contribution in [0.4, 0.5) is 0 Å². The number of nitrogens with zero attached hydrogens (tertiary/aromatic N) is 2. The van der Waals surface area contributed by atoms with Crippen LogP contribution in [-0.4, -0.2) is 35.7 Å². The van der Waals surface area contributed by atoms with Crippen molar-refractivity contribution in [2.45, 2.75) is 39.2 Å². The first-order chi connectivity index (χ1) is 11.1. The highest BCUT2D eigenvalue weighted by molar-refractivity contribution is 7.10. The van der Waals surface area contributed by atoms with Crippen molar-refractivity contribution in [1.29, 1.82) is 0 Å². The predicted molar refractivity (Wildman–Crippen MR) is 88.6 cm³/mol. The maximum absolute atomic E-state index is 12.7. The summed E-state index contributed by atoms with van der Waals surface area (Å²) in [6.45, 7) is 7.77. The molecular formula is C17H22N2O3S. The molecule has 5 nitrogen and oxygen atoms in total. The molecular weight excluding hydrogens is 312 g/mol. The number of amides is 1. The van der Waals surface area contributed by atoms with E-state index >= 15 is 0 Å². The molecule has 0 radical (unpaired) electrons. The van der Waals surface area contributed by atoms with E-state index < -0.39 is 0 Å². The van der Waals surface area contributed by atoms with E-state index in [4.69, 9.17) is 9.26 Å². The number of morpholine rings is 1. The SMILES string of the molecule is Cc1noc(C)c1C(C)CC(=O)N1CCOC(c2cccs2)C1. The van der Waals surface area contributed by atoms with E-state index in [1.165, 1.54) is 4.88 Å². The quantitative estimate of drug-likeness (QED) is 0.859. The zero-order valence-electron chi connectivity index (χ0n) is 13.7. The summed E-state index contributed by atoms with van der Waals surface area (Å²) < 4.78 is 11.0. The van der Waals surface area contributed by atoms with E-state index in [-0.39, 0.29) is 17.9 Å². The van der Waals surface area contributed by atoms with Crippen LogP contribution in [0, 0.1) is 13.8 Å². The van der Waals surface area contributed by atoms with Crippen molar-refractivity contribution < 1.29 is 14.1 Å². The number of aromatic nitrogens is 1. The first-order valence-electron chi connectivity index (χ1n) is 7.91. The third-order valence-electron chi connectivity index (χ3n) is 4.34. The molecule has 1 aliphatic heterocycles. The summed E-state index contributed by atoms with van der Waals surface area (Å²) in [4.78, 5) is 15.8. The maximum atomic E-state index is 12.7. The van der Waals surface area contributed by atoms with Crippen LogP contribution in [0.2, 0.25) is 0 Å². The van der Waals surface area contributed by atoms with Crippen molar-refractivity contribution in [3.8, 4) is 0 Å². The molecule has 1 saturated heterocycles. The molecule has 2 aromatic rings. The number of ether oxygens (including phenoxy) is 1. The summed E-state index contributed by atoms with van der Waals surface area (Å²) in [6, 6.07) is 4.08. The minimum absolute atomic E-state index is 0.00192. The molecule has 0 aliphatic carbocycles. The minimum atomic E-state index is 0.00192. The second kappa shape index (κ2) is 6.84. The molecule has 1 amide bonds. The van der Waals surface area contributed by atoms with Crippen LogP contribution in [-0.2, 0) is 9.53 Å². The van der Waals surface area contributed by atoms with Gasteiger partial charge < -0.3 is 14.2 Å². The highest BCUT2D eigenvalue weighted by Gasteiger charge is 2.28. The van der Waals surface area contributed by atoms with Gasteiger partial charge in [0.1, 0.15) is 11.9 Å². The van der Waals surface area contributed by atoms with Crippen LogP contribution in [0.5, 0.6) is 0 Å². The molecule has 0 bridgehead atoms. The van der Waals surface area contributed by atoms with E-state index in [0.29, 0.717) is 26.1 Å². The fraction of sp³-hybridized carbons (Fsp3) is 0.529. The normalized spacial score (nSPS) is 19.8. The first-order valence-corrected chi connectivity index (χ1v) is 8.79. The van der Waals surface area contributed by atoms with Gasteiger partial charge in [0.2, 0.25) is 5.91 Å². The second-order valence-electron chi connectivity index (χ2n) is 6.06. The molecule has 2 unspecified atom stereocenters. The van der Waals surface area contributed by atoms with Crippen LogP contribution < -0.4 is 0 Å². The molecule has 124 valence electrons. The van der Waals surface area contributed by atoms with Crippen molar-refractivity contribution in [2.75, 3.05) is 19.7 Å². The monoisotopic (exact) mass is 334 g/mol. The Bertz CT molecular complexity index is 646. The van der Waals surface area contributed by atoms with Crippen molar-refractivity contribution in [1.82, 2.24) is 10.1 Å². The number of thiophene rings is 1. The molecule has 3 rings (SSSR count). The van der Waals surface area contributed by atoms with Crippen LogP contribution >= 0.6 is 11.3 Å². The summed E-state index contributed by atoms with van der Waals surface area (Å²) in [5.41, 5.74) is 1.93. The number of rotatable bonds is 4. The van der Waals surface area contributed by atoms with E-state index in [9.17, 15) is 4.79 Å². The topological polar surface area (TPSA) is 55.6 Å². The van der Waals surface area contributed by atoms with Crippen molar-refractivity contribution >= 4 is 17.2 Å². The smallest absolute Gasteiger partial charge is 0.223 e. The molecule has 1 aliphatic rings. The molecule has 0 aromatic carbocycles. The zero-order valence-corrected chi connectivity index (χ0v) is 14.6. The van der Waals surface area contributed by atoms with Gasteiger partial charge in [-0.1, -0.05) is 18.1 Å². The third kappa shape index (κ3) is 3.48. The van der Waals surface area contributed by atoms with Gasteiger partial charge in [-0.25, -0.2) is 0 Å². The van der Waals surface area contributed by atoms with Crippen LogP contribution in [0.15, 0.2) is 22.0 Å². The zero-order chi connectivity index (χ0) is 16.4. The summed E-state index contributed by atoms with van der Waals surface area (Å²) in [6.07, 6.45) is 0.474.